The summed E-state index contributed by atoms with van der Waals surface area (Å²) in [6, 6.07) is 1.24. The van der Waals surface area contributed by atoms with Gasteiger partial charge in [0.05, 0.1) is 6.61 Å². The Morgan fingerprint density at radius 3 is 2.92 bits per heavy atom. The summed E-state index contributed by atoms with van der Waals surface area (Å²) in [6.45, 7) is 1.58. The number of hydrogen-bond donors (Lipinski definition) is 1. The summed E-state index contributed by atoms with van der Waals surface area (Å²) in [5, 5.41) is 9.22. The van der Waals surface area contributed by atoms with Crippen molar-refractivity contribution in [1.82, 2.24) is 4.90 Å². The smallest absolute Gasteiger partial charge is 0.0586 e. The zero-order valence-electron chi connectivity index (χ0n) is 8.11. The van der Waals surface area contributed by atoms with Gasteiger partial charge in [0.1, 0.15) is 0 Å². The van der Waals surface area contributed by atoms with E-state index in [0.717, 1.165) is 6.04 Å². The van der Waals surface area contributed by atoms with E-state index in [1.54, 1.807) is 0 Å². The lowest BCUT2D eigenvalue weighted by Gasteiger charge is -2.34. The minimum atomic E-state index is 0.362. The highest BCUT2D eigenvalue weighted by atomic mass is 32.2. The SMILES string of the molecule is OCC1CCCN1C1CCCSC1. The molecule has 2 heterocycles. The van der Waals surface area contributed by atoms with Crippen molar-refractivity contribution in [2.45, 2.75) is 37.8 Å². The molecule has 0 aromatic carbocycles. The summed E-state index contributed by atoms with van der Waals surface area (Å²) in [4.78, 5) is 2.55. The highest BCUT2D eigenvalue weighted by molar-refractivity contribution is 7.99. The van der Waals surface area contributed by atoms with Crippen LogP contribution in [-0.4, -0.2) is 46.7 Å². The Labute approximate surface area is 84.7 Å². The molecule has 0 aromatic heterocycles. The molecule has 2 unspecified atom stereocenters. The highest BCUT2D eigenvalue weighted by Gasteiger charge is 2.30. The minimum Gasteiger partial charge on any atom is -0.395 e. The number of thioether (sulfide) groups is 1. The van der Waals surface area contributed by atoms with Crippen LogP contribution in [0.5, 0.6) is 0 Å². The Kier molecular flexibility index (Phi) is 3.52. The molecule has 0 aliphatic carbocycles. The van der Waals surface area contributed by atoms with E-state index in [2.05, 4.69) is 16.7 Å². The van der Waals surface area contributed by atoms with Crippen molar-refractivity contribution < 1.29 is 5.11 Å². The fourth-order valence-electron chi connectivity index (χ4n) is 2.52. The van der Waals surface area contributed by atoms with Crippen LogP contribution in [0.4, 0.5) is 0 Å². The molecule has 3 heteroatoms. The fourth-order valence-corrected chi connectivity index (χ4v) is 3.69. The van der Waals surface area contributed by atoms with Gasteiger partial charge in [0.2, 0.25) is 0 Å². The van der Waals surface area contributed by atoms with Gasteiger partial charge in [-0.1, -0.05) is 0 Å². The van der Waals surface area contributed by atoms with Crippen molar-refractivity contribution in [2.75, 3.05) is 24.7 Å². The van der Waals surface area contributed by atoms with Crippen LogP contribution in [0, 0.1) is 0 Å². The first-order valence-corrected chi connectivity index (χ1v) is 6.51. The first-order chi connectivity index (χ1) is 6.42. The largest absolute Gasteiger partial charge is 0.395 e. The van der Waals surface area contributed by atoms with E-state index in [9.17, 15) is 5.11 Å². The molecule has 0 aromatic rings. The second-order valence-corrected chi connectivity index (χ2v) is 5.24. The lowest BCUT2D eigenvalue weighted by molar-refractivity contribution is 0.122. The van der Waals surface area contributed by atoms with Gasteiger partial charge < -0.3 is 5.11 Å². The van der Waals surface area contributed by atoms with E-state index in [-0.39, 0.29) is 0 Å². The van der Waals surface area contributed by atoms with Crippen molar-refractivity contribution in [3.05, 3.63) is 0 Å². The van der Waals surface area contributed by atoms with Crippen LogP contribution in [0.15, 0.2) is 0 Å². The molecule has 2 rings (SSSR count). The number of rotatable bonds is 2. The highest BCUT2D eigenvalue weighted by Crippen LogP contribution is 2.27. The van der Waals surface area contributed by atoms with Crippen LogP contribution < -0.4 is 0 Å². The van der Waals surface area contributed by atoms with Gasteiger partial charge in [0.25, 0.3) is 0 Å². The van der Waals surface area contributed by atoms with E-state index in [0.29, 0.717) is 12.6 Å². The fraction of sp³-hybridized carbons (Fsp3) is 1.00. The molecule has 2 saturated heterocycles. The molecule has 0 amide bonds. The molecular weight excluding hydrogens is 182 g/mol. The monoisotopic (exact) mass is 201 g/mol. The lowest BCUT2D eigenvalue weighted by atomic mass is 10.1. The van der Waals surface area contributed by atoms with Crippen LogP contribution in [-0.2, 0) is 0 Å². The summed E-state index contributed by atoms with van der Waals surface area (Å²) in [6.07, 6.45) is 5.21. The third kappa shape index (κ3) is 2.20. The molecule has 2 fully saturated rings. The lowest BCUT2D eigenvalue weighted by Crippen LogP contribution is -2.43. The van der Waals surface area contributed by atoms with Crippen molar-refractivity contribution >= 4 is 11.8 Å². The topological polar surface area (TPSA) is 23.5 Å². The van der Waals surface area contributed by atoms with Crippen LogP contribution >= 0.6 is 11.8 Å². The number of aliphatic hydroxyl groups is 1. The third-order valence-electron chi connectivity index (χ3n) is 3.24. The minimum absolute atomic E-state index is 0.362. The van der Waals surface area contributed by atoms with Crippen LogP contribution in [0.2, 0.25) is 0 Å². The molecule has 2 atom stereocenters. The summed E-state index contributed by atoms with van der Waals surface area (Å²) in [5.41, 5.74) is 0. The summed E-state index contributed by atoms with van der Waals surface area (Å²) >= 11 is 2.08. The van der Waals surface area contributed by atoms with Gasteiger partial charge in [0.15, 0.2) is 0 Å². The van der Waals surface area contributed by atoms with Crippen molar-refractivity contribution in [1.29, 1.82) is 0 Å². The Balaban J connectivity index is 1.90. The van der Waals surface area contributed by atoms with Crippen LogP contribution in [0.1, 0.15) is 25.7 Å². The average Bonchev–Trinajstić information content (AvgIpc) is 2.67. The van der Waals surface area contributed by atoms with Crippen molar-refractivity contribution in [2.24, 2.45) is 0 Å². The predicted octanol–water partition coefficient (Wildman–Crippen LogP) is 1.34. The van der Waals surface area contributed by atoms with E-state index in [1.807, 2.05) is 0 Å². The standard InChI is InChI=1S/C10H19NOS/c12-7-9-3-1-5-11(9)10-4-2-6-13-8-10/h9-10,12H,1-8H2. The molecule has 13 heavy (non-hydrogen) atoms. The van der Waals surface area contributed by atoms with Gasteiger partial charge in [-0.2, -0.15) is 11.8 Å². The Bertz CT molecular complexity index is 159. The van der Waals surface area contributed by atoms with Crippen LogP contribution in [0.3, 0.4) is 0 Å². The third-order valence-corrected chi connectivity index (χ3v) is 4.44. The molecule has 76 valence electrons. The van der Waals surface area contributed by atoms with Crippen LogP contribution in [0.25, 0.3) is 0 Å². The Morgan fingerprint density at radius 2 is 2.23 bits per heavy atom. The predicted molar refractivity (Wildman–Crippen MR) is 57.2 cm³/mol. The number of likely N-dealkylation sites (tertiary alicyclic amines) is 1. The molecule has 0 saturated carbocycles. The van der Waals surface area contributed by atoms with E-state index >= 15 is 0 Å². The number of aliphatic hydroxyl groups excluding tert-OH is 1. The van der Waals surface area contributed by atoms with Gasteiger partial charge in [-0.3, -0.25) is 4.90 Å². The van der Waals surface area contributed by atoms with Gasteiger partial charge in [-0.15, -0.1) is 0 Å². The number of nitrogens with zero attached hydrogens (tertiary/aromatic N) is 1. The maximum absolute atomic E-state index is 9.22. The summed E-state index contributed by atoms with van der Waals surface area (Å²) < 4.78 is 0. The zero-order valence-corrected chi connectivity index (χ0v) is 8.93. The van der Waals surface area contributed by atoms with Gasteiger partial charge in [-0.05, 0) is 38.0 Å². The second-order valence-electron chi connectivity index (χ2n) is 4.09. The maximum atomic E-state index is 9.22. The van der Waals surface area contributed by atoms with Crippen molar-refractivity contribution in [3.8, 4) is 0 Å². The zero-order chi connectivity index (χ0) is 9.10. The first-order valence-electron chi connectivity index (χ1n) is 5.36. The summed E-state index contributed by atoms with van der Waals surface area (Å²) in [5.74, 6) is 2.63. The number of hydrogen-bond acceptors (Lipinski definition) is 3. The quantitative estimate of drug-likeness (QED) is 0.729. The molecule has 2 nitrogen and oxygen atoms in total. The van der Waals surface area contributed by atoms with Crippen molar-refractivity contribution in [3.63, 3.8) is 0 Å². The van der Waals surface area contributed by atoms with E-state index in [1.165, 1.54) is 43.7 Å². The van der Waals surface area contributed by atoms with Gasteiger partial charge in [-0.25, -0.2) is 0 Å². The summed E-state index contributed by atoms with van der Waals surface area (Å²) in [7, 11) is 0. The molecule has 2 aliphatic rings. The first kappa shape index (κ1) is 9.81. The molecule has 0 bridgehead atoms. The molecular formula is C10H19NOS. The average molecular weight is 201 g/mol. The molecule has 0 spiro atoms. The molecule has 0 radical (unpaired) electrons. The molecule has 1 N–H and O–H groups in total. The maximum Gasteiger partial charge on any atom is 0.0586 e. The Hall–Kier alpha value is 0.270. The second kappa shape index (κ2) is 4.67. The molecule has 2 aliphatic heterocycles. The van der Waals surface area contributed by atoms with Gasteiger partial charge in [0, 0.05) is 17.8 Å². The Morgan fingerprint density at radius 1 is 1.31 bits per heavy atom. The normalized spacial score (nSPS) is 36.7. The van der Waals surface area contributed by atoms with E-state index < -0.39 is 0 Å². The van der Waals surface area contributed by atoms with Gasteiger partial charge >= 0.3 is 0 Å². The van der Waals surface area contributed by atoms with E-state index in [4.69, 9.17) is 0 Å².